The number of aromatic nitrogens is 2. The van der Waals surface area contributed by atoms with Crippen molar-refractivity contribution in [1.82, 2.24) is 15.0 Å². The fourth-order valence-electron chi connectivity index (χ4n) is 3.83. The van der Waals surface area contributed by atoms with Crippen LogP contribution >= 0.6 is 0 Å². The van der Waals surface area contributed by atoms with Gasteiger partial charge in [-0.15, -0.1) is 0 Å². The second-order valence-electron chi connectivity index (χ2n) is 7.85. The Morgan fingerprint density at radius 3 is 2.74 bits per heavy atom. The number of hydrogen-bond donors (Lipinski definition) is 1. The number of benzene rings is 1. The van der Waals surface area contributed by atoms with Crippen LogP contribution in [0.2, 0.25) is 0 Å². The molecule has 1 saturated heterocycles. The molecule has 1 saturated carbocycles. The van der Waals surface area contributed by atoms with E-state index in [0.29, 0.717) is 32.1 Å². The monoisotopic (exact) mass is 427 g/mol. The van der Waals surface area contributed by atoms with Crippen LogP contribution in [0.4, 0.5) is 4.39 Å². The summed E-state index contributed by atoms with van der Waals surface area (Å²) in [5.74, 6) is 0.528. The standard InChI is InChI=1S/C22H26FN5O3/c1-15-4-2-3-5-17(15)22(6-7-22)21-26-20(31-27-21)18(24)12-16(13-23)25-14-19(29)28-8-10-30-11-9-28/h2-5,12H,6-11,13-14,24H2,1H3/b18-12-,25-16?. The van der Waals surface area contributed by atoms with E-state index >= 15 is 0 Å². The van der Waals surface area contributed by atoms with Gasteiger partial charge >= 0.3 is 0 Å². The van der Waals surface area contributed by atoms with Gasteiger partial charge in [0.1, 0.15) is 13.2 Å². The van der Waals surface area contributed by atoms with Gasteiger partial charge in [0.05, 0.1) is 30.0 Å². The number of amides is 1. The smallest absolute Gasteiger partial charge is 0.273 e. The summed E-state index contributed by atoms with van der Waals surface area (Å²) in [4.78, 5) is 22.4. The third kappa shape index (κ3) is 4.51. The number of carbonyl (C=O) groups is 1. The van der Waals surface area contributed by atoms with Gasteiger partial charge in [-0.3, -0.25) is 9.79 Å². The van der Waals surface area contributed by atoms with Gasteiger partial charge in [-0.05, 0) is 37.0 Å². The fourth-order valence-corrected chi connectivity index (χ4v) is 3.83. The molecule has 164 valence electrons. The van der Waals surface area contributed by atoms with E-state index in [9.17, 15) is 9.18 Å². The topological polar surface area (TPSA) is 107 Å². The van der Waals surface area contributed by atoms with Gasteiger partial charge in [-0.2, -0.15) is 4.98 Å². The minimum Gasteiger partial charge on any atom is -0.394 e. The average Bonchev–Trinajstić information content (AvgIpc) is 3.44. The second kappa shape index (κ2) is 8.97. The van der Waals surface area contributed by atoms with Crippen LogP contribution in [0.1, 0.15) is 35.7 Å². The highest BCUT2D eigenvalue weighted by molar-refractivity contribution is 6.01. The number of rotatable bonds is 7. The summed E-state index contributed by atoms with van der Waals surface area (Å²) in [6, 6.07) is 8.14. The molecule has 1 aromatic carbocycles. The van der Waals surface area contributed by atoms with Crippen LogP contribution in [0, 0.1) is 6.92 Å². The third-order valence-electron chi connectivity index (χ3n) is 5.75. The molecule has 9 heteroatoms. The van der Waals surface area contributed by atoms with E-state index in [1.807, 2.05) is 12.1 Å². The van der Waals surface area contributed by atoms with E-state index in [2.05, 4.69) is 34.2 Å². The van der Waals surface area contributed by atoms with Crippen molar-refractivity contribution in [3.63, 3.8) is 0 Å². The fraction of sp³-hybridized carbons (Fsp3) is 0.455. The van der Waals surface area contributed by atoms with E-state index in [4.69, 9.17) is 15.0 Å². The molecule has 2 fully saturated rings. The first-order valence-corrected chi connectivity index (χ1v) is 10.4. The summed E-state index contributed by atoms with van der Waals surface area (Å²) in [5.41, 5.74) is 8.34. The zero-order valence-electron chi connectivity index (χ0n) is 17.5. The number of nitrogens with two attached hydrogens (primary N) is 1. The first-order valence-electron chi connectivity index (χ1n) is 10.4. The van der Waals surface area contributed by atoms with E-state index in [0.717, 1.165) is 12.8 Å². The van der Waals surface area contributed by atoms with E-state index in [-0.39, 0.29) is 35.2 Å². The number of alkyl halides is 1. The number of carbonyl (C=O) groups excluding carboxylic acids is 1. The quantitative estimate of drug-likeness (QED) is 0.678. The minimum atomic E-state index is -0.856. The number of ether oxygens (including phenoxy) is 1. The molecule has 2 N–H and O–H groups in total. The Hall–Kier alpha value is -3.07. The molecule has 2 aromatic rings. The Labute approximate surface area is 180 Å². The lowest BCUT2D eigenvalue weighted by Crippen LogP contribution is -2.41. The van der Waals surface area contributed by atoms with Crippen molar-refractivity contribution in [3.05, 3.63) is 53.2 Å². The molecule has 0 spiro atoms. The number of morpholine rings is 1. The van der Waals surface area contributed by atoms with Crippen LogP contribution in [0.3, 0.4) is 0 Å². The van der Waals surface area contributed by atoms with Crippen molar-refractivity contribution >= 4 is 17.3 Å². The van der Waals surface area contributed by atoms with Crippen LogP contribution in [-0.2, 0) is 14.9 Å². The molecular weight excluding hydrogens is 401 g/mol. The number of halogens is 1. The first kappa shape index (κ1) is 21.2. The Bertz CT molecular complexity index is 1010. The highest BCUT2D eigenvalue weighted by atomic mass is 19.1. The molecule has 1 aliphatic carbocycles. The van der Waals surface area contributed by atoms with Crippen LogP contribution in [0.25, 0.3) is 5.70 Å². The van der Waals surface area contributed by atoms with Gasteiger partial charge in [0, 0.05) is 13.1 Å². The van der Waals surface area contributed by atoms with Gasteiger partial charge in [-0.25, -0.2) is 4.39 Å². The lowest BCUT2D eigenvalue weighted by molar-refractivity contribution is -0.133. The Balaban J connectivity index is 1.47. The molecule has 31 heavy (non-hydrogen) atoms. The largest absolute Gasteiger partial charge is 0.394 e. The maximum Gasteiger partial charge on any atom is 0.273 e. The molecule has 8 nitrogen and oxygen atoms in total. The average molecular weight is 427 g/mol. The van der Waals surface area contributed by atoms with E-state index in [1.165, 1.54) is 17.2 Å². The molecule has 1 aromatic heterocycles. The molecule has 0 unspecified atom stereocenters. The summed E-state index contributed by atoms with van der Waals surface area (Å²) in [6.45, 7) is 3.10. The van der Waals surface area contributed by atoms with Gasteiger partial charge in [0.25, 0.3) is 5.89 Å². The van der Waals surface area contributed by atoms with Crippen LogP contribution < -0.4 is 5.73 Å². The molecule has 0 bridgehead atoms. The molecule has 4 rings (SSSR count). The molecule has 2 heterocycles. The number of hydrogen-bond acceptors (Lipinski definition) is 7. The summed E-state index contributed by atoms with van der Waals surface area (Å²) >= 11 is 0. The summed E-state index contributed by atoms with van der Waals surface area (Å²) in [5, 5.41) is 4.14. The van der Waals surface area contributed by atoms with Crippen molar-refractivity contribution < 1.29 is 18.4 Å². The van der Waals surface area contributed by atoms with Crippen LogP contribution in [0.5, 0.6) is 0 Å². The molecule has 1 amide bonds. The Kier molecular flexibility index (Phi) is 6.13. The summed E-state index contributed by atoms with van der Waals surface area (Å²) in [6.07, 6.45) is 3.21. The van der Waals surface area contributed by atoms with E-state index < -0.39 is 6.67 Å². The number of allylic oxidation sites excluding steroid dienone is 1. The summed E-state index contributed by atoms with van der Waals surface area (Å²) < 4.78 is 24.0. The molecule has 2 aliphatic rings. The van der Waals surface area contributed by atoms with Crippen molar-refractivity contribution in [2.75, 3.05) is 39.5 Å². The number of aryl methyl sites for hydroxylation is 1. The molecule has 0 radical (unpaired) electrons. The highest BCUT2D eigenvalue weighted by Gasteiger charge is 2.50. The van der Waals surface area contributed by atoms with Gasteiger partial charge in [0.2, 0.25) is 5.91 Å². The highest BCUT2D eigenvalue weighted by Crippen LogP contribution is 2.53. The second-order valence-corrected chi connectivity index (χ2v) is 7.85. The van der Waals surface area contributed by atoms with Crippen molar-refractivity contribution in [2.45, 2.75) is 25.2 Å². The third-order valence-corrected chi connectivity index (χ3v) is 5.75. The van der Waals surface area contributed by atoms with Crippen LogP contribution in [0.15, 0.2) is 39.9 Å². The zero-order chi connectivity index (χ0) is 21.8. The van der Waals surface area contributed by atoms with Gasteiger partial charge in [-0.1, -0.05) is 29.4 Å². The summed E-state index contributed by atoms with van der Waals surface area (Å²) in [7, 11) is 0. The zero-order valence-corrected chi connectivity index (χ0v) is 17.5. The maximum atomic E-state index is 13.5. The normalized spacial score (nSPS) is 18.8. The van der Waals surface area contributed by atoms with Gasteiger partial charge in [0.15, 0.2) is 5.82 Å². The van der Waals surface area contributed by atoms with Crippen molar-refractivity contribution in [2.24, 2.45) is 10.7 Å². The first-order chi connectivity index (χ1) is 15.0. The van der Waals surface area contributed by atoms with Gasteiger partial charge < -0.3 is 19.9 Å². The van der Waals surface area contributed by atoms with Crippen LogP contribution in [-0.4, -0.2) is 66.2 Å². The maximum absolute atomic E-state index is 13.5. The van der Waals surface area contributed by atoms with Crippen molar-refractivity contribution in [1.29, 1.82) is 0 Å². The van der Waals surface area contributed by atoms with Crippen molar-refractivity contribution in [3.8, 4) is 0 Å². The number of nitrogens with zero attached hydrogens (tertiary/aromatic N) is 4. The Morgan fingerprint density at radius 2 is 2.06 bits per heavy atom. The lowest BCUT2D eigenvalue weighted by Gasteiger charge is -2.26. The predicted molar refractivity (Wildman–Crippen MR) is 113 cm³/mol. The SMILES string of the molecule is Cc1ccccc1C1(c2noc(/C(N)=C/C(CF)=NCC(=O)N3CCOCC3)n2)CC1. The molecular formula is C22H26FN5O3. The Morgan fingerprint density at radius 1 is 1.32 bits per heavy atom. The molecule has 0 atom stereocenters. The molecule has 1 aliphatic heterocycles. The number of aliphatic imine (C=N–C) groups is 1. The predicted octanol–water partition coefficient (Wildman–Crippen LogP) is 2.03. The van der Waals surface area contributed by atoms with E-state index in [1.54, 1.807) is 4.90 Å². The minimum absolute atomic E-state index is 0.0545. The lowest BCUT2D eigenvalue weighted by atomic mass is 9.91.